The fourth-order valence-electron chi connectivity index (χ4n) is 2.46. The average Bonchev–Trinajstić information content (AvgIpc) is 3.37. The molecule has 1 heterocycles. The van der Waals surface area contributed by atoms with Gasteiger partial charge in [-0.15, -0.1) is 11.8 Å². The summed E-state index contributed by atoms with van der Waals surface area (Å²) in [6.45, 7) is 0. The first-order valence-corrected chi connectivity index (χ1v) is 7.98. The molecule has 2 saturated carbocycles. The zero-order valence-electron chi connectivity index (χ0n) is 11.5. The van der Waals surface area contributed by atoms with Crippen molar-refractivity contribution in [2.45, 2.75) is 42.3 Å². The summed E-state index contributed by atoms with van der Waals surface area (Å²) >= 11 is 1.57. The van der Waals surface area contributed by atoms with Gasteiger partial charge in [-0.1, -0.05) is 0 Å². The van der Waals surface area contributed by atoms with Crippen molar-refractivity contribution in [2.24, 2.45) is 5.92 Å². The van der Waals surface area contributed by atoms with Crippen LogP contribution in [0, 0.1) is 5.92 Å². The molecule has 108 valence electrons. The lowest BCUT2D eigenvalue weighted by Crippen LogP contribution is -2.57. The number of nitrogens with one attached hydrogen (secondary N) is 1. The van der Waals surface area contributed by atoms with Crippen LogP contribution in [0.3, 0.4) is 0 Å². The van der Waals surface area contributed by atoms with Gasteiger partial charge in [0.05, 0.1) is 13.3 Å². The highest BCUT2D eigenvalue weighted by Gasteiger charge is 2.53. The first-order valence-electron chi connectivity index (χ1n) is 6.99. The maximum atomic E-state index is 12.4. The summed E-state index contributed by atoms with van der Waals surface area (Å²) in [6.07, 6.45) is 9.56. The molecule has 20 heavy (non-hydrogen) atoms. The molecular formula is C14H19N3O2S. The molecule has 0 aliphatic heterocycles. The van der Waals surface area contributed by atoms with Crippen molar-refractivity contribution in [2.75, 3.05) is 12.9 Å². The van der Waals surface area contributed by atoms with Gasteiger partial charge in [0, 0.05) is 24.2 Å². The molecule has 1 unspecified atom stereocenters. The van der Waals surface area contributed by atoms with Gasteiger partial charge in [0.15, 0.2) is 0 Å². The van der Waals surface area contributed by atoms with Crippen molar-refractivity contribution >= 4 is 17.7 Å². The maximum Gasteiger partial charge on any atom is 0.327 e. The molecule has 0 radical (unpaired) electrons. The third kappa shape index (κ3) is 2.96. The van der Waals surface area contributed by atoms with Gasteiger partial charge in [0.2, 0.25) is 0 Å². The number of aromatic nitrogens is 2. The van der Waals surface area contributed by atoms with Gasteiger partial charge in [-0.25, -0.2) is 4.98 Å². The zero-order valence-corrected chi connectivity index (χ0v) is 12.4. The molecule has 1 aromatic heterocycles. The summed E-state index contributed by atoms with van der Waals surface area (Å²) in [5.74, 6) is 0.905. The minimum atomic E-state index is -0.557. The van der Waals surface area contributed by atoms with E-state index in [0.29, 0.717) is 17.7 Å². The molecule has 0 saturated heterocycles. The van der Waals surface area contributed by atoms with Crippen molar-refractivity contribution in [3.05, 3.63) is 18.6 Å². The van der Waals surface area contributed by atoms with Gasteiger partial charge in [-0.2, -0.15) is 0 Å². The van der Waals surface area contributed by atoms with Gasteiger partial charge in [0.1, 0.15) is 10.6 Å². The van der Waals surface area contributed by atoms with Crippen LogP contribution < -0.4 is 5.32 Å². The molecule has 2 fully saturated rings. The summed E-state index contributed by atoms with van der Waals surface area (Å²) in [5.41, 5.74) is -0.557. The van der Waals surface area contributed by atoms with Crippen molar-refractivity contribution in [1.29, 1.82) is 0 Å². The minimum absolute atomic E-state index is 0.136. The Hall–Kier alpha value is -1.14. The molecule has 0 amide bonds. The van der Waals surface area contributed by atoms with Crippen molar-refractivity contribution in [3.8, 4) is 0 Å². The highest BCUT2D eigenvalue weighted by molar-refractivity contribution is 7.99. The van der Waals surface area contributed by atoms with Crippen molar-refractivity contribution < 1.29 is 9.53 Å². The molecule has 1 atom stereocenters. The van der Waals surface area contributed by atoms with E-state index in [-0.39, 0.29) is 5.97 Å². The molecular weight excluding hydrogens is 274 g/mol. The van der Waals surface area contributed by atoms with Crippen LogP contribution in [0.4, 0.5) is 0 Å². The summed E-state index contributed by atoms with van der Waals surface area (Å²) < 4.78 is 5.08. The topological polar surface area (TPSA) is 64.1 Å². The van der Waals surface area contributed by atoms with Crippen LogP contribution >= 0.6 is 11.8 Å². The fourth-order valence-corrected chi connectivity index (χ4v) is 3.54. The molecule has 6 heteroatoms. The Morgan fingerprint density at radius 3 is 2.80 bits per heavy atom. The van der Waals surface area contributed by atoms with E-state index in [0.717, 1.165) is 30.7 Å². The number of ether oxygens (including phenoxy) is 1. The molecule has 2 aliphatic rings. The maximum absolute atomic E-state index is 12.4. The van der Waals surface area contributed by atoms with Gasteiger partial charge >= 0.3 is 5.97 Å². The van der Waals surface area contributed by atoms with Crippen molar-refractivity contribution in [3.63, 3.8) is 0 Å². The average molecular weight is 293 g/mol. The van der Waals surface area contributed by atoms with E-state index in [4.69, 9.17) is 4.74 Å². The molecule has 1 N–H and O–H groups in total. The Labute approximate surface area is 122 Å². The zero-order chi connectivity index (χ0) is 14.0. The number of carbonyl (C=O) groups excluding carboxylic acids is 1. The van der Waals surface area contributed by atoms with E-state index in [1.807, 2.05) is 0 Å². The third-order valence-electron chi connectivity index (χ3n) is 3.85. The van der Waals surface area contributed by atoms with Crippen LogP contribution in [0.5, 0.6) is 0 Å². The van der Waals surface area contributed by atoms with Crippen LogP contribution in [0.2, 0.25) is 0 Å². The van der Waals surface area contributed by atoms with E-state index in [9.17, 15) is 4.79 Å². The minimum Gasteiger partial charge on any atom is -0.468 e. The van der Waals surface area contributed by atoms with Crippen LogP contribution in [-0.4, -0.2) is 40.4 Å². The lowest BCUT2D eigenvalue weighted by molar-refractivity contribution is -0.148. The SMILES string of the molecule is COC(=O)C(CSc1cnccn1)(NC1CC1)C1CC1. The molecule has 0 bridgehead atoms. The second-order valence-corrected chi connectivity index (χ2v) is 6.48. The smallest absolute Gasteiger partial charge is 0.327 e. The Kier molecular flexibility index (Phi) is 3.94. The van der Waals surface area contributed by atoms with E-state index in [2.05, 4.69) is 15.3 Å². The quantitative estimate of drug-likeness (QED) is 0.609. The molecule has 2 aliphatic carbocycles. The van der Waals surface area contributed by atoms with Gasteiger partial charge in [-0.05, 0) is 31.6 Å². The van der Waals surface area contributed by atoms with E-state index in [1.165, 1.54) is 7.11 Å². The summed E-state index contributed by atoms with van der Waals surface area (Å²) in [7, 11) is 1.47. The summed E-state index contributed by atoms with van der Waals surface area (Å²) in [4.78, 5) is 20.7. The second-order valence-electron chi connectivity index (χ2n) is 5.49. The highest BCUT2D eigenvalue weighted by Crippen LogP contribution is 2.44. The molecule has 0 aromatic carbocycles. The van der Waals surface area contributed by atoms with Crippen LogP contribution in [-0.2, 0) is 9.53 Å². The van der Waals surface area contributed by atoms with Crippen molar-refractivity contribution in [1.82, 2.24) is 15.3 Å². The van der Waals surface area contributed by atoms with E-state index < -0.39 is 5.54 Å². The van der Waals surface area contributed by atoms with Crippen LogP contribution in [0.25, 0.3) is 0 Å². The van der Waals surface area contributed by atoms with E-state index >= 15 is 0 Å². The number of carbonyl (C=O) groups is 1. The molecule has 5 nitrogen and oxygen atoms in total. The Balaban J connectivity index is 1.74. The fraction of sp³-hybridized carbons (Fsp3) is 0.643. The van der Waals surface area contributed by atoms with Gasteiger partial charge in [0.25, 0.3) is 0 Å². The monoisotopic (exact) mass is 293 g/mol. The van der Waals surface area contributed by atoms with Crippen LogP contribution in [0.15, 0.2) is 23.6 Å². The number of esters is 1. The van der Waals surface area contributed by atoms with Gasteiger partial charge < -0.3 is 4.74 Å². The summed E-state index contributed by atoms with van der Waals surface area (Å²) in [5, 5.41) is 4.39. The first kappa shape index (κ1) is 13.8. The number of nitrogens with zero attached hydrogens (tertiary/aromatic N) is 2. The lowest BCUT2D eigenvalue weighted by atomic mass is 9.95. The van der Waals surface area contributed by atoms with E-state index in [1.54, 1.807) is 30.4 Å². The lowest BCUT2D eigenvalue weighted by Gasteiger charge is -2.32. The second kappa shape index (κ2) is 5.69. The summed E-state index contributed by atoms with van der Waals surface area (Å²) in [6, 6.07) is 0.470. The highest BCUT2D eigenvalue weighted by atomic mass is 32.2. The predicted octanol–water partition coefficient (Wildman–Crippen LogP) is 1.64. The number of rotatable bonds is 7. The molecule has 3 rings (SSSR count). The van der Waals surface area contributed by atoms with Crippen LogP contribution in [0.1, 0.15) is 25.7 Å². The number of thioether (sulfide) groups is 1. The normalized spacial score (nSPS) is 21.2. The Morgan fingerprint density at radius 2 is 2.25 bits per heavy atom. The Morgan fingerprint density at radius 1 is 1.45 bits per heavy atom. The van der Waals surface area contributed by atoms with Gasteiger partial charge in [-0.3, -0.25) is 15.1 Å². The predicted molar refractivity (Wildman–Crippen MR) is 76.4 cm³/mol. The molecule has 1 aromatic rings. The largest absolute Gasteiger partial charge is 0.468 e. The number of hydrogen-bond acceptors (Lipinski definition) is 6. The number of methoxy groups -OCH3 is 1. The molecule has 0 spiro atoms. The first-order chi connectivity index (χ1) is 9.74. The number of hydrogen-bond donors (Lipinski definition) is 1. The Bertz CT molecular complexity index is 477. The third-order valence-corrected chi connectivity index (χ3v) is 4.96. The standard InChI is InChI=1S/C14H19N3O2S/c1-19-13(18)14(10-2-3-10,17-11-4-5-11)9-20-12-8-15-6-7-16-12/h6-8,10-11,17H,2-5,9H2,1H3.